The number of carbonyl (C=O) groups is 1. The fourth-order valence-electron chi connectivity index (χ4n) is 2.58. The molecule has 0 aliphatic carbocycles. The summed E-state index contributed by atoms with van der Waals surface area (Å²) in [5, 5.41) is 10.1. The molecule has 0 amide bonds. The van der Waals surface area contributed by atoms with Crippen molar-refractivity contribution in [1.29, 1.82) is 0 Å². The van der Waals surface area contributed by atoms with E-state index in [1.807, 2.05) is 36.4 Å². The molecule has 0 saturated heterocycles. The fraction of sp³-hybridized carbons (Fsp3) is 0.235. The summed E-state index contributed by atoms with van der Waals surface area (Å²) in [6.07, 6.45) is -0.415. The summed E-state index contributed by atoms with van der Waals surface area (Å²) in [6.45, 7) is 2.08. The molecule has 0 unspecified atom stereocenters. The predicted molar refractivity (Wildman–Crippen MR) is 85.6 cm³/mol. The highest BCUT2D eigenvalue weighted by Crippen LogP contribution is 2.30. The van der Waals surface area contributed by atoms with Crippen LogP contribution in [0.2, 0.25) is 0 Å². The molecular formula is C17H17BO5. The van der Waals surface area contributed by atoms with Crippen LogP contribution in [0.3, 0.4) is 0 Å². The molecule has 0 fully saturated rings. The molecule has 0 radical (unpaired) electrons. The number of para-hydroxylation sites is 1. The molecule has 0 aromatic heterocycles. The molecule has 118 valence electrons. The van der Waals surface area contributed by atoms with Gasteiger partial charge >= 0.3 is 13.1 Å². The summed E-state index contributed by atoms with van der Waals surface area (Å²) in [7, 11) is -1.07. The molecule has 5 nitrogen and oxygen atoms in total. The second-order valence-electron chi connectivity index (χ2n) is 5.19. The Morgan fingerprint density at radius 2 is 2.00 bits per heavy atom. The molecule has 1 aliphatic rings. The van der Waals surface area contributed by atoms with Gasteiger partial charge in [-0.1, -0.05) is 24.3 Å². The van der Waals surface area contributed by atoms with E-state index in [2.05, 4.69) is 0 Å². The molecule has 1 heterocycles. The maximum atomic E-state index is 11.6. The standard InChI is InChI=1S/C17H17BO5/c1-2-21-17(19)11-16-14-9-8-13(10-15(14)18(20)23-16)22-12-6-4-3-5-7-12/h3-10,16,20H,2,11H2,1H3/t16-/m0/s1. The minimum absolute atomic E-state index is 0.0801. The number of carbonyl (C=O) groups excluding carboxylic acids is 1. The third kappa shape index (κ3) is 3.55. The van der Waals surface area contributed by atoms with Gasteiger partial charge in [-0.25, -0.2) is 0 Å². The van der Waals surface area contributed by atoms with Crippen molar-refractivity contribution in [3.8, 4) is 11.5 Å². The van der Waals surface area contributed by atoms with Gasteiger partial charge in [-0.15, -0.1) is 0 Å². The Morgan fingerprint density at radius 3 is 2.74 bits per heavy atom. The van der Waals surface area contributed by atoms with Crippen LogP contribution in [0.25, 0.3) is 0 Å². The zero-order chi connectivity index (χ0) is 16.2. The van der Waals surface area contributed by atoms with E-state index >= 15 is 0 Å². The number of rotatable bonds is 5. The Morgan fingerprint density at radius 1 is 1.22 bits per heavy atom. The number of fused-ring (bicyclic) bond motifs is 1. The van der Waals surface area contributed by atoms with Crippen molar-refractivity contribution in [3.63, 3.8) is 0 Å². The van der Waals surface area contributed by atoms with Gasteiger partial charge in [0.2, 0.25) is 0 Å². The zero-order valence-corrected chi connectivity index (χ0v) is 12.8. The highest BCUT2D eigenvalue weighted by Gasteiger charge is 2.36. The number of ether oxygens (including phenoxy) is 2. The lowest BCUT2D eigenvalue weighted by molar-refractivity contribution is -0.145. The first-order valence-corrected chi connectivity index (χ1v) is 7.53. The van der Waals surface area contributed by atoms with E-state index in [1.165, 1.54) is 0 Å². The lowest BCUT2D eigenvalue weighted by Crippen LogP contribution is -2.28. The molecule has 2 aromatic carbocycles. The van der Waals surface area contributed by atoms with Crippen LogP contribution in [0.4, 0.5) is 0 Å². The van der Waals surface area contributed by atoms with Gasteiger partial charge in [0.15, 0.2) is 0 Å². The third-order valence-electron chi connectivity index (χ3n) is 3.60. The van der Waals surface area contributed by atoms with Crippen molar-refractivity contribution in [2.45, 2.75) is 19.4 Å². The van der Waals surface area contributed by atoms with Crippen LogP contribution in [-0.2, 0) is 14.2 Å². The summed E-state index contributed by atoms with van der Waals surface area (Å²) >= 11 is 0. The lowest BCUT2D eigenvalue weighted by atomic mass is 9.79. The SMILES string of the molecule is CCOC(=O)C[C@@H]1OB(O)c2cc(Oc3ccccc3)ccc21. The van der Waals surface area contributed by atoms with Crippen molar-refractivity contribution in [2.24, 2.45) is 0 Å². The molecule has 2 aromatic rings. The van der Waals surface area contributed by atoms with Crippen LogP contribution in [0.5, 0.6) is 11.5 Å². The van der Waals surface area contributed by atoms with Gasteiger partial charge in [0.1, 0.15) is 11.5 Å². The number of hydrogen-bond donors (Lipinski definition) is 1. The van der Waals surface area contributed by atoms with Crippen LogP contribution in [-0.4, -0.2) is 24.7 Å². The van der Waals surface area contributed by atoms with Crippen LogP contribution >= 0.6 is 0 Å². The summed E-state index contributed by atoms with van der Waals surface area (Å²) in [5.41, 5.74) is 1.40. The monoisotopic (exact) mass is 312 g/mol. The minimum atomic E-state index is -1.07. The number of esters is 1. The Labute approximate surface area is 134 Å². The van der Waals surface area contributed by atoms with E-state index in [0.29, 0.717) is 23.6 Å². The number of hydrogen-bond acceptors (Lipinski definition) is 5. The molecule has 23 heavy (non-hydrogen) atoms. The van der Waals surface area contributed by atoms with Gasteiger partial charge < -0.3 is 19.2 Å². The van der Waals surface area contributed by atoms with Gasteiger partial charge in [-0.2, -0.15) is 0 Å². The Bertz CT molecular complexity index is 689. The molecule has 6 heteroatoms. The first kappa shape index (κ1) is 15.6. The first-order chi connectivity index (χ1) is 11.2. The van der Waals surface area contributed by atoms with E-state index in [-0.39, 0.29) is 12.4 Å². The summed E-state index contributed by atoms with van der Waals surface area (Å²) in [5.74, 6) is 0.973. The van der Waals surface area contributed by atoms with Crippen molar-refractivity contribution in [3.05, 3.63) is 54.1 Å². The second-order valence-corrected chi connectivity index (χ2v) is 5.19. The third-order valence-corrected chi connectivity index (χ3v) is 3.60. The fourth-order valence-corrected chi connectivity index (χ4v) is 2.58. The Balaban J connectivity index is 1.77. The summed E-state index contributed by atoms with van der Waals surface area (Å²) < 4.78 is 16.1. The van der Waals surface area contributed by atoms with Crippen molar-refractivity contribution >= 4 is 18.6 Å². The smallest absolute Gasteiger partial charge is 0.466 e. The molecule has 1 aliphatic heterocycles. The average Bonchev–Trinajstić information content (AvgIpc) is 2.84. The van der Waals surface area contributed by atoms with E-state index in [1.54, 1.807) is 19.1 Å². The Hall–Kier alpha value is -2.31. The minimum Gasteiger partial charge on any atom is -0.466 e. The molecule has 0 bridgehead atoms. The van der Waals surface area contributed by atoms with E-state index in [9.17, 15) is 9.82 Å². The molecule has 1 atom stereocenters. The van der Waals surface area contributed by atoms with Crippen LogP contribution in [0.15, 0.2) is 48.5 Å². The molecule has 0 saturated carbocycles. The van der Waals surface area contributed by atoms with E-state index < -0.39 is 13.2 Å². The predicted octanol–water partition coefficient (Wildman–Crippen LogP) is 2.19. The topological polar surface area (TPSA) is 65.0 Å². The molecule has 1 N–H and O–H groups in total. The quantitative estimate of drug-likeness (QED) is 0.677. The second kappa shape index (κ2) is 6.85. The van der Waals surface area contributed by atoms with E-state index in [0.717, 1.165) is 5.56 Å². The largest absolute Gasteiger partial charge is 0.492 e. The molecule has 3 rings (SSSR count). The normalized spacial score (nSPS) is 16.1. The van der Waals surface area contributed by atoms with Gasteiger partial charge in [0, 0.05) is 0 Å². The van der Waals surface area contributed by atoms with Gasteiger partial charge in [0.05, 0.1) is 19.1 Å². The molecular weight excluding hydrogens is 295 g/mol. The van der Waals surface area contributed by atoms with Crippen molar-refractivity contribution < 1.29 is 23.9 Å². The average molecular weight is 312 g/mol. The van der Waals surface area contributed by atoms with Gasteiger partial charge in [-0.3, -0.25) is 4.79 Å². The maximum absolute atomic E-state index is 11.6. The van der Waals surface area contributed by atoms with Crippen LogP contribution in [0.1, 0.15) is 25.0 Å². The first-order valence-electron chi connectivity index (χ1n) is 7.53. The van der Waals surface area contributed by atoms with Crippen LogP contribution < -0.4 is 10.2 Å². The molecule has 0 spiro atoms. The maximum Gasteiger partial charge on any atom is 0.492 e. The number of benzene rings is 2. The van der Waals surface area contributed by atoms with E-state index in [4.69, 9.17) is 14.1 Å². The Kier molecular flexibility index (Phi) is 4.64. The van der Waals surface area contributed by atoms with Crippen molar-refractivity contribution in [1.82, 2.24) is 0 Å². The van der Waals surface area contributed by atoms with Crippen molar-refractivity contribution in [2.75, 3.05) is 6.61 Å². The highest BCUT2D eigenvalue weighted by atomic mass is 16.5. The zero-order valence-electron chi connectivity index (χ0n) is 12.8. The summed E-state index contributed by atoms with van der Waals surface area (Å²) in [4.78, 5) is 11.6. The van der Waals surface area contributed by atoms with Crippen LogP contribution in [0, 0.1) is 0 Å². The lowest BCUT2D eigenvalue weighted by Gasteiger charge is -2.11. The highest BCUT2D eigenvalue weighted by molar-refractivity contribution is 6.61. The summed E-state index contributed by atoms with van der Waals surface area (Å²) in [6, 6.07) is 14.7. The van der Waals surface area contributed by atoms with Gasteiger partial charge in [-0.05, 0) is 42.2 Å². The van der Waals surface area contributed by atoms with Gasteiger partial charge in [0.25, 0.3) is 0 Å².